The van der Waals surface area contributed by atoms with Crippen LogP contribution in [-0.2, 0) is 26.2 Å². The van der Waals surface area contributed by atoms with Gasteiger partial charge in [0.15, 0.2) is 0 Å². The van der Waals surface area contributed by atoms with Crippen LogP contribution in [0.1, 0.15) is 31.4 Å². The van der Waals surface area contributed by atoms with Gasteiger partial charge in [0.25, 0.3) is 5.69 Å². The summed E-state index contributed by atoms with van der Waals surface area (Å²) in [6.45, 7) is 4.59. The van der Waals surface area contributed by atoms with E-state index < -0.39 is 45.2 Å². The molecule has 12 heteroatoms. The number of aryl methyl sites for hydroxylation is 1. The van der Waals surface area contributed by atoms with Gasteiger partial charge in [-0.05, 0) is 43.5 Å². The fraction of sp³-hybridized carbons (Fsp3) is 0.391. The number of nitro benzene ring substituents is 1. The number of halogens is 1. The van der Waals surface area contributed by atoms with E-state index in [0.29, 0.717) is 17.7 Å². The number of likely N-dealkylation sites (N-methyl/N-ethyl adjacent to an activating group) is 1. The van der Waals surface area contributed by atoms with Gasteiger partial charge in [-0.3, -0.25) is 24.0 Å². The molecule has 0 aliphatic heterocycles. The molecule has 2 rings (SSSR count). The zero-order valence-electron chi connectivity index (χ0n) is 20.0. The monoisotopic (exact) mass is 508 g/mol. The molecule has 0 spiro atoms. The van der Waals surface area contributed by atoms with Crippen molar-refractivity contribution >= 4 is 33.2 Å². The normalized spacial score (nSPS) is 12.0. The van der Waals surface area contributed by atoms with Gasteiger partial charge in [-0.2, -0.15) is 0 Å². The molecule has 2 aromatic carbocycles. The highest BCUT2D eigenvalue weighted by Gasteiger charge is 2.32. The third-order valence-corrected chi connectivity index (χ3v) is 6.48. The first-order chi connectivity index (χ1) is 16.4. The van der Waals surface area contributed by atoms with Crippen LogP contribution in [0.2, 0.25) is 0 Å². The molecule has 35 heavy (non-hydrogen) atoms. The van der Waals surface area contributed by atoms with Crippen LogP contribution in [0.4, 0.5) is 15.8 Å². The van der Waals surface area contributed by atoms with Crippen LogP contribution in [0, 0.1) is 22.9 Å². The van der Waals surface area contributed by atoms with Crippen molar-refractivity contribution in [2.75, 3.05) is 23.7 Å². The predicted octanol–water partition coefficient (Wildman–Crippen LogP) is 2.75. The molecule has 190 valence electrons. The lowest BCUT2D eigenvalue weighted by Crippen LogP contribution is -2.52. The smallest absolute Gasteiger partial charge is 0.271 e. The van der Waals surface area contributed by atoms with Crippen molar-refractivity contribution < 1.29 is 27.3 Å². The van der Waals surface area contributed by atoms with Gasteiger partial charge < -0.3 is 10.2 Å². The SMILES string of the molecule is CCNC(=O)[C@H](CC)N(Cc1ccc(F)cc1)C(=O)CN(c1cc([N+](=O)[O-])ccc1C)S(C)(=O)=O. The van der Waals surface area contributed by atoms with Crippen molar-refractivity contribution in [1.82, 2.24) is 10.2 Å². The van der Waals surface area contributed by atoms with Crippen LogP contribution >= 0.6 is 0 Å². The molecule has 0 heterocycles. The Bertz CT molecular complexity index is 1190. The second-order valence-electron chi connectivity index (χ2n) is 7.96. The molecule has 10 nitrogen and oxygen atoms in total. The first kappa shape index (κ1) is 27.7. The van der Waals surface area contributed by atoms with E-state index >= 15 is 0 Å². The van der Waals surface area contributed by atoms with E-state index in [1.54, 1.807) is 20.8 Å². The molecular formula is C23H29FN4O6S. The Morgan fingerprint density at radius 1 is 1.14 bits per heavy atom. The molecular weight excluding hydrogens is 479 g/mol. The average molecular weight is 509 g/mol. The van der Waals surface area contributed by atoms with Gasteiger partial charge in [-0.25, -0.2) is 12.8 Å². The Labute approximate surface area is 203 Å². The van der Waals surface area contributed by atoms with E-state index in [0.717, 1.165) is 16.6 Å². The summed E-state index contributed by atoms with van der Waals surface area (Å²) in [4.78, 5) is 38.1. The average Bonchev–Trinajstić information content (AvgIpc) is 2.78. The molecule has 0 aromatic heterocycles. The number of sulfonamides is 1. The van der Waals surface area contributed by atoms with Gasteiger partial charge in [-0.1, -0.05) is 25.1 Å². The minimum Gasteiger partial charge on any atom is -0.355 e. The highest BCUT2D eigenvalue weighted by atomic mass is 32.2. The molecule has 0 aliphatic carbocycles. The fourth-order valence-corrected chi connectivity index (χ4v) is 4.47. The van der Waals surface area contributed by atoms with Crippen molar-refractivity contribution in [3.05, 3.63) is 69.5 Å². The van der Waals surface area contributed by atoms with Gasteiger partial charge in [0.05, 0.1) is 16.9 Å². The molecule has 0 fully saturated rings. The standard InChI is InChI=1S/C23H29FN4O6S/c1-5-20(23(30)25-6-2)26(14-17-8-10-18(24)11-9-17)22(29)15-27(35(4,33)34)21-13-19(28(31)32)12-7-16(21)3/h7-13,20H,5-6,14-15H2,1-4H3,(H,25,30)/t20-/m0/s1. The maximum Gasteiger partial charge on any atom is 0.271 e. The number of amides is 2. The molecule has 0 bridgehead atoms. The Morgan fingerprint density at radius 2 is 1.77 bits per heavy atom. The number of carbonyl (C=O) groups is 2. The number of nitro groups is 1. The maximum atomic E-state index is 13.5. The fourth-order valence-electron chi connectivity index (χ4n) is 3.57. The zero-order chi connectivity index (χ0) is 26.3. The van der Waals surface area contributed by atoms with Crippen molar-refractivity contribution in [3.8, 4) is 0 Å². The molecule has 0 unspecified atom stereocenters. The summed E-state index contributed by atoms with van der Waals surface area (Å²) in [5.41, 5.74) is 0.612. The number of hydrogen-bond donors (Lipinski definition) is 1. The lowest BCUT2D eigenvalue weighted by atomic mass is 10.1. The van der Waals surface area contributed by atoms with Crippen LogP contribution in [-0.4, -0.2) is 55.4 Å². The van der Waals surface area contributed by atoms with E-state index in [4.69, 9.17) is 0 Å². The number of benzene rings is 2. The first-order valence-corrected chi connectivity index (χ1v) is 12.8. The van der Waals surface area contributed by atoms with Gasteiger partial charge in [0.2, 0.25) is 21.8 Å². The van der Waals surface area contributed by atoms with E-state index in [1.807, 2.05) is 0 Å². The summed E-state index contributed by atoms with van der Waals surface area (Å²) in [7, 11) is -4.04. The van der Waals surface area contributed by atoms with Gasteiger partial charge >= 0.3 is 0 Å². The Hall–Kier alpha value is -3.54. The quantitative estimate of drug-likeness (QED) is 0.367. The van der Waals surface area contributed by atoms with E-state index in [9.17, 15) is 32.5 Å². The molecule has 2 amide bonds. The summed E-state index contributed by atoms with van der Waals surface area (Å²) < 4.78 is 39.5. The van der Waals surface area contributed by atoms with Crippen molar-refractivity contribution in [1.29, 1.82) is 0 Å². The van der Waals surface area contributed by atoms with Crippen LogP contribution in [0.5, 0.6) is 0 Å². The van der Waals surface area contributed by atoms with Crippen LogP contribution in [0.15, 0.2) is 42.5 Å². The molecule has 0 aliphatic rings. The second-order valence-corrected chi connectivity index (χ2v) is 9.87. The maximum absolute atomic E-state index is 13.5. The van der Waals surface area contributed by atoms with E-state index in [2.05, 4.69) is 5.32 Å². The highest BCUT2D eigenvalue weighted by molar-refractivity contribution is 7.92. The highest BCUT2D eigenvalue weighted by Crippen LogP contribution is 2.28. The minimum atomic E-state index is -4.04. The summed E-state index contributed by atoms with van der Waals surface area (Å²) in [6, 6.07) is 8.20. The lowest BCUT2D eigenvalue weighted by molar-refractivity contribution is -0.384. The Morgan fingerprint density at radius 3 is 2.29 bits per heavy atom. The third-order valence-electron chi connectivity index (χ3n) is 5.35. The second kappa shape index (κ2) is 11.7. The lowest BCUT2D eigenvalue weighted by Gasteiger charge is -2.33. The number of hydrogen-bond acceptors (Lipinski definition) is 6. The number of anilines is 1. The van der Waals surface area contributed by atoms with Crippen LogP contribution < -0.4 is 9.62 Å². The van der Waals surface area contributed by atoms with E-state index in [-0.39, 0.29) is 24.3 Å². The molecule has 2 aromatic rings. The molecule has 0 saturated carbocycles. The summed E-state index contributed by atoms with van der Waals surface area (Å²) >= 11 is 0. The summed E-state index contributed by atoms with van der Waals surface area (Å²) in [5, 5.41) is 13.9. The van der Waals surface area contributed by atoms with Crippen molar-refractivity contribution in [2.45, 2.75) is 39.8 Å². The number of nitrogens with one attached hydrogen (secondary N) is 1. The predicted molar refractivity (Wildman–Crippen MR) is 130 cm³/mol. The van der Waals surface area contributed by atoms with Gasteiger partial charge in [0, 0.05) is 25.2 Å². The molecule has 0 saturated heterocycles. The van der Waals surface area contributed by atoms with Gasteiger partial charge in [-0.15, -0.1) is 0 Å². The molecule has 0 radical (unpaired) electrons. The summed E-state index contributed by atoms with van der Waals surface area (Å²) in [5.74, 6) is -1.57. The Balaban J connectivity index is 2.51. The minimum absolute atomic E-state index is 0.0113. The number of carbonyl (C=O) groups excluding carboxylic acids is 2. The molecule has 1 atom stereocenters. The third kappa shape index (κ3) is 7.22. The Kier molecular flexibility index (Phi) is 9.29. The van der Waals surface area contributed by atoms with Gasteiger partial charge in [0.1, 0.15) is 18.4 Å². The van der Waals surface area contributed by atoms with E-state index in [1.165, 1.54) is 41.3 Å². The first-order valence-electron chi connectivity index (χ1n) is 10.9. The summed E-state index contributed by atoms with van der Waals surface area (Å²) in [6.07, 6.45) is 1.14. The number of nitrogens with zero attached hydrogens (tertiary/aromatic N) is 3. The van der Waals surface area contributed by atoms with Crippen molar-refractivity contribution in [2.24, 2.45) is 0 Å². The van der Waals surface area contributed by atoms with Crippen molar-refractivity contribution in [3.63, 3.8) is 0 Å². The number of rotatable bonds is 11. The molecule has 1 N–H and O–H groups in total. The largest absolute Gasteiger partial charge is 0.355 e. The van der Waals surface area contributed by atoms with Crippen LogP contribution in [0.3, 0.4) is 0 Å². The van der Waals surface area contributed by atoms with Crippen LogP contribution in [0.25, 0.3) is 0 Å². The number of non-ortho nitro benzene ring substituents is 1. The zero-order valence-corrected chi connectivity index (χ0v) is 20.8. The topological polar surface area (TPSA) is 130 Å².